The predicted molar refractivity (Wildman–Crippen MR) is 76.9 cm³/mol. The van der Waals surface area contributed by atoms with E-state index in [1.54, 1.807) is 11.7 Å². The highest BCUT2D eigenvalue weighted by Crippen LogP contribution is 2.10. The monoisotopic (exact) mass is 294 g/mol. The van der Waals surface area contributed by atoms with Gasteiger partial charge in [0.05, 0.1) is 11.9 Å². The lowest BCUT2D eigenvalue weighted by molar-refractivity contribution is -0.131. The van der Waals surface area contributed by atoms with E-state index in [0.29, 0.717) is 25.2 Å². The fourth-order valence-corrected chi connectivity index (χ4v) is 2.55. The van der Waals surface area contributed by atoms with Crippen molar-refractivity contribution >= 4 is 11.9 Å². The minimum Gasteiger partial charge on any atom is -0.478 e. The quantitative estimate of drug-likeness (QED) is 0.751. The second-order valence-corrected chi connectivity index (χ2v) is 5.30. The molecule has 0 saturated carbocycles. The lowest BCUT2D eigenvalue weighted by atomic mass is 10.1. The molecule has 1 fully saturated rings. The number of nitrogens with one attached hydrogen (secondary N) is 1. The Kier molecular flexibility index (Phi) is 5.32. The van der Waals surface area contributed by atoms with E-state index >= 15 is 0 Å². The molecule has 1 aromatic rings. The average Bonchev–Trinajstić information content (AvgIpc) is 2.85. The Labute approximate surface area is 123 Å². The van der Waals surface area contributed by atoms with Gasteiger partial charge in [-0.05, 0) is 19.3 Å². The maximum absolute atomic E-state index is 12.0. The Bertz CT molecular complexity index is 506. The third-order valence-corrected chi connectivity index (χ3v) is 3.81. The van der Waals surface area contributed by atoms with E-state index in [9.17, 15) is 9.59 Å². The highest BCUT2D eigenvalue weighted by atomic mass is 16.4. The molecule has 116 valence electrons. The van der Waals surface area contributed by atoms with Crippen LogP contribution < -0.4 is 5.32 Å². The van der Waals surface area contributed by atoms with Crippen molar-refractivity contribution in [1.82, 2.24) is 20.0 Å². The number of hydrogen-bond acceptors (Lipinski definition) is 4. The van der Waals surface area contributed by atoms with Crippen LogP contribution in [-0.4, -0.2) is 51.3 Å². The van der Waals surface area contributed by atoms with Gasteiger partial charge in [-0.3, -0.25) is 9.48 Å². The highest BCUT2D eigenvalue weighted by molar-refractivity contribution is 5.88. The zero-order valence-electron chi connectivity index (χ0n) is 12.3. The molecule has 21 heavy (non-hydrogen) atoms. The first-order chi connectivity index (χ1) is 10.1. The molecule has 0 radical (unpaired) electrons. The van der Waals surface area contributed by atoms with Crippen LogP contribution in [0, 0.1) is 0 Å². The van der Waals surface area contributed by atoms with Gasteiger partial charge in [0.2, 0.25) is 5.91 Å². The molecule has 0 unspecified atom stereocenters. The van der Waals surface area contributed by atoms with Crippen molar-refractivity contribution in [3.8, 4) is 0 Å². The number of piperidine rings is 1. The minimum absolute atomic E-state index is 0.172. The van der Waals surface area contributed by atoms with Crippen LogP contribution >= 0.6 is 0 Å². The fraction of sp³-hybridized carbons (Fsp3) is 0.643. The van der Waals surface area contributed by atoms with Crippen molar-refractivity contribution in [3.05, 3.63) is 17.5 Å². The molecule has 0 aromatic carbocycles. The summed E-state index contributed by atoms with van der Waals surface area (Å²) >= 11 is 0. The van der Waals surface area contributed by atoms with Crippen molar-refractivity contribution in [2.45, 2.75) is 32.2 Å². The van der Waals surface area contributed by atoms with Crippen LogP contribution in [0.3, 0.4) is 0 Å². The van der Waals surface area contributed by atoms with E-state index in [0.717, 1.165) is 25.9 Å². The number of carboxylic acid groups (broad SMARTS) is 1. The normalized spacial score (nSPS) is 15.2. The van der Waals surface area contributed by atoms with Gasteiger partial charge < -0.3 is 15.3 Å². The Hall–Kier alpha value is -1.89. The van der Waals surface area contributed by atoms with Gasteiger partial charge in [-0.2, -0.15) is 5.10 Å². The molecule has 1 aliphatic rings. The molecule has 1 aliphatic heterocycles. The number of aryl methyl sites for hydroxylation is 1. The van der Waals surface area contributed by atoms with Crippen LogP contribution in [0.5, 0.6) is 0 Å². The summed E-state index contributed by atoms with van der Waals surface area (Å²) in [6.07, 6.45) is 5.19. The number of hydrogen-bond donors (Lipinski definition) is 2. The molecular weight excluding hydrogens is 272 g/mol. The zero-order valence-corrected chi connectivity index (χ0v) is 12.3. The summed E-state index contributed by atoms with van der Waals surface area (Å²) in [5.74, 6) is -0.810. The van der Waals surface area contributed by atoms with Gasteiger partial charge in [-0.25, -0.2) is 4.79 Å². The molecule has 7 nitrogen and oxygen atoms in total. The second-order valence-electron chi connectivity index (χ2n) is 5.30. The number of likely N-dealkylation sites (tertiary alicyclic amines) is 1. The van der Waals surface area contributed by atoms with Crippen molar-refractivity contribution in [2.24, 2.45) is 7.05 Å². The summed E-state index contributed by atoms with van der Waals surface area (Å²) in [6.45, 7) is 2.67. The minimum atomic E-state index is -0.982. The molecule has 1 saturated heterocycles. The van der Waals surface area contributed by atoms with Gasteiger partial charge >= 0.3 is 5.97 Å². The number of carbonyl (C=O) groups is 2. The van der Waals surface area contributed by atoms with Gasteiger partial charge in [0.1, 0.15) is 5.56 Å². The molecule has 0 atom stereocenters. The lowest BCUT2D eigenvalue weighted by Gasteiger charge is -2.26. The number of aromatic carboxylic acids is 1. The topological polar surface area (TPSA) is 87.5 Å². The van der Waals surface area contributed by atoms with Gasteiger partial charge in [0, 0.05) is 39.6 Å². The van der Waals surface area contributed by atoms with E-state index in [4.69, 9.17) is 5.11 Å². The predicted octanol–water partition coefficient (Wildman–Crippen LogP) is 0.611. The van der Waals surface area contributed by atoms with E-state index in [1.807, 2.05) is 4.90 Å². The lowest BCUT2D eigenvalue weighted by Crippen LogP contribution is -2.37. The Morgan fingerprint density at radius 1 is 1.33 bits per heavy atom. The van der Waals surface area contributed by atoms with Crippen molar-refractivity contribution in [1.29, 1.82) is 0 Å². The molecule has 1 amide bonds. The summed E-state index contributed by atoms with van der Waals surface area (Å²) < 4.78 is 1.54. The molecule has 0 aliphatic carbocycles. The maximum atomic E-state index is 12.0. The number of nitrogens with zero attached hydrogens (tertiary/aromatic N) is 3. The molecule has 2 rings (SSSR count). The van der Waals surface area contributed by atoms with Crippen LogP contribution in [0.2, 0.25) is 0 Å². The Morgan fingerprint density at radius 2 is 2.05 bits per heavy atom. The standard InChI is InChI=1S/C14H22N4O3/c1-17-12(11(9-16-17)14(20)21)10-15-6-5-13(19)18-7-3-2-4-8-18/h9,15H,2-8,10H2,1H3,(H,20,21). The highest BCUT2D eigenvalue weighted by Gasteiger charge is 2.17. The third kappa shape index (κ3) is 4.04. The van der Waals surface area contributed by atoms with Crippen LogP contribution in [0.15, 0.2) is 6.20 Å². The first-order valence-corrected chi connectivity index (χ1v) is 7.32. The zero-order chi connectivity index (χ0) is 15.2. The van der Waals surface area contributed by atoms with Crippen LogP contribution in [0.25, 0.3) is 0 Å². The molecule has 2 heterocycles. The first kappa shape index (κ1) is 15.5. The summed E-state index contributed by atoms with van der Waals surface area (Å²) in [6, 6.07) is 0. The summed E-state index contributed by atoms with van der Waals surface area (Å²) in [5.41, 5.74) is 0.820. The summed E-state index contributed by atoms with van der Waals surface area (Å²) in [5, 5.41) is 16.1. The Morgan fingerprint density at radius 3 is 2.71 bits per heavy atom. The molecular formula is C14H22N4O3. The van der Waals surface area contributed by atoms with Crippen LogP contribution in [0.1, 0.15) is 41.7 Å². The molecule has 0 spiro atoms. The number of rotatable bonds is 6. The van der Waals surface area contributed by atoms with E-state index in [-0.39, 0.29) is 11.5 Å². The average molecular weight is 294 g/mol. The molecule has 7 heteroatoms. The largest absolute Gasteiger partial charge is 0.478 e. The summed E-state index contributed by atoms with van der Waals surface area (Å²) in [7, 11) is 1.71. The molecule has 1 aromatic heterocycles. The van der Waals surface area contributed by atoms with Gasteiger partial charge in [-0.1, -0.05) is 0 Å². The van der Waals surface area contributed by atoms with E-state index in [1.165, 1.54) is 12.6 Å². The second kappa shape index (κ2) is 7.21. The Balaban J connectivity index is 1.76. The van der Waals surface area contributed by atoms with Gasteiger partial charge in [0.15, 0.2) is 0 Å². The van der Waals surface area contributed by atoms with Crippen LogP contribution in [0.4, 0.5) is 0 Å². The van der Waals surface area contributed by atoms with Crippen molar-refractivity contribution in [3.63, 3.8) is 0 Å². The van der Waals surface area contributed by atoms with Crippen molar-refractivity contribution in [2.75, 3.05) is 19.6 Å². The number of carbonyl (C=O) groups excluding carboxylic acids is 1. The van der Waals surface area contributed by atoms with Crippen molar-refractivity contribution < 1.29 is 14.7 Å². The first-order valence-electron chi connectivity index (χ1n) is 7.32. The number of carboxylic acids is 1. The number of aromatic nitrogens is 2. The third-order valence-electron chi connectivity index (χ3n) is 3.81. The van der Waals surface area contributed by atoms with E-state index < -0.39 is 5.97 Å². The SMILES string of the molecule is Cn1ncc(C(=O)O)c1CNCCC(=O)N1CCCCC1. The van der Waals surface area contributed by atoms with Crippen LogP contribution in [-0.2, 0) is 18.4 Å². The maximum Gasteiger partial charge on any atom is 0.339 e. The van der Waals surface area contributed by atoms with Gasteiger partial charge in [-0.15, -0.1) is 0 Å². The van der Waals surface area contributed by atoms with Gasteiger partial charge in [0.25, 0.3) is 0 Å². The number of amides is 1. The smallest absolute Gasteiger partial charge is 0.339 e. The molecule has 2 N–H and O–H groups in total. The molecule has 0 bridgehead atoms. The summed E-state index contributed by atoms with van der Waals surface area (Å²) in [4.78, 5) is 24.9. The van der Waals surface area contributed by atoms with E-state index in [2.05, 4.69) is 10.4 Å². The fourth-order valence-electron chi connectivity index (χ4n) is 2.55.